The fourth-order valence-corrected chi connectivity index (χ4v) is 6.65. The number of amides is 1. The Kier molecular flexibility index (Phi) is 9.31. The van der Waals surface area contributed by atoms with Crippen molar-refractivity contribution in [2.75, 3.05) is 35.1 Å². The van der Waals surface area contributed by atoms with E-state index in [0.29, 0.717) is 17.2 Å². The number of hydrogen-bond acceptors (Lipinski definition) is 7. The van der Waals surface area contributed by atoms with Gasteiger partial charge >= 0.3 is 0 Å². The van der Waals surface area contributed by atoms with Crippen LogP contribution in [-0.2, 0) is 24.8 Å². The molecule has 43 heavy (non-hydrogen) atoms. The van der Waals surface area contributed by atoms with Crippen molar-refractivity contribution in [2.24, 2.45) is 0 Å². The Morgan fingerprint density at radius 1 is 0.744 bits per heavy atom. The summed E-state index contributed by atoms with van der Waals surface area (Å²) in [5.41, 5.74) is 3.59. The van der Waals surface area contributed by atoms with Gasteiger partial charge < -0.3 is 14.8 Å². The summed E-state index contributed by atoms with van der Waals surface area (Å²) in [5, 5.41) is 2.67. The van der Waals surface area contributed by atoms with E-state index in [9.17, 15) is 21.6 Å². The molecule has 0 bridgehead atoms. The van der Waals surface area contributed by atoms with E-state index < -0.39 is 32.5 Å². The lowest BCUT2D eigenvalue weighted by molar-refractivity contribution is -0.114. The number of hydrogen-bond donors (Lipinski definition) is 2. The highest BCUT2D eigenvalue weighted by Crippen LogP contribution is 2.31. The summed E-state index contributed by atoms with van der Waals surface area (Å²) in [6, 6.07) is 21.8. The van der Waals surface area contributed by atoms with Crippen molar-refractivity contribution in [1.29, 1.82) is 0 Å². The van der Waals surface area contributed by atoms with Gasteiger partial charge in [0.25, 0.3) is 20.0 Å². The van der Waals surface area contributed by atoms with Gasteiger partial charge in [0.1, 0.15) is 18.0 Å². The van der Waals surface area contributed by atoms with Crippen LogP contribution < -0.4 is 23.8 Å². The molecule has 0 heterocycles. The Balaban J connectivity index is 1.55. The largest absolute Gasteiger partial charge is 0.497 e. The number of nitrogens with one attached hydrogen (secondary N) is 2. The normalized spacial score (nSPS) is 11.5. The molecule has 0 atom stereocenters. The molecule has 0 aliphatic carbocycles. The quantitative estimate of drug-likeness (QED) is 0.233. The van der Waals surface area contributed by atoms with Crippen LogP contribution in [0.4, 0.5) is 17.1 Å². The highest BCUT2D eigenvalue weighted by Gasteiger charge is 2.28. The molecular weight excluding hydrogens is 590 g/mol. The van der Waals surface area contributed by atoms with E-state index in [1.807, 2.05) is 20.8 Å². The van der Waals surface area contributed by atoms with E-state index in [2.05, 4.69) is 10.0 Å². The number of aryl methyl sites for hydroxylation is 3. The van der Waals surface area contributed by atoms with Gasteiger partial charge in [0, 0.05) is 11.8 Å². The summed E-state index contributed by atoms with van der Waals surface area (Å²) in [5.74, 6) is 0.140. The molecule has 2 N–H and O–H groups in total. The summed E-state index contributed by atoms with van der Waals surface area (Å²) in [7, 11) is -5.22. The van der Waals surface area contributed by atoms with Crippen LogP contribution in [0.5, 0.6) is 11.5 Å². The molecule has 4 aromatic carbocycles. The number of benzene rings is 4. The summed E-state index contributed by atoms with van der Waals surface area (Å²) in [6.45, 7) is 5.13. The number of sulfonamides is 2. The number of anilines is 3. The van der Waals surface area contributed by atoms with Gasteiger partial charge in [-0.25, -0.2) is 16.8 Å². The Hall–Kier alpha value is -4.55. The second kappa shape index (κ2) is 12.8. The molecule has 1 amide bonds. The minimum Gasteiger partial charge on any atom is -0.497 e. The van der Waals surface area contributed by atoms with Crippen LogP contribution in [0.3, 0.4) is 0 Å². The number of rotatable bonds is 11. The fraction of sp³-hybridized carbons (Fsp3) is 0.194. The highest BCUT2D eigenvalue weighted by atomic mass is 32.2. The van der Waals surface area contributed by atoms with Gasteiger partial charge in [0.05, 0.1) is 35.4 Å². The van der Waals surface area contributed by atoms with Crippen molar-refractivity contribution in [3.63, 3.8) is 0 Å². The van der Waals surface area contributed by atoms with E-state index in [-0.39, 0.29) is 21.2 Å². The topological polar surface area (TPSA) is 131 Å². The van der Waals surface area contributed by atoms with Crippen LogP contribution in [0.15, 0.2) is 94.7 Å². The van der Waals surface area contributed by atoms with E-state index in [0.717, 1.165) is 21.0 Å². The van der Waals surface area contributed by atoms with Gasteiger partial charge in [-0.3, -0.25) is 13.8 Å². The summed E-state index contributed by atoms with van der Waals surface area (Å²) in [6.07, 6.45) is 0. The van der Waals surface area contributed by atoms with Crippen molar-refractivity contribution >= 4 is 43.0 Å². The van der Waals surface area contributed by atoms with E-state index in [1.165, 1.54) is 56.7 Å². The molecule has 0 unspecified atom stereocenters. The van der Waals surface area contributed by atoms with Crippen molar-refractivity contribution in [1.82, 2.24) is 0 Å². The lowest BCUT2D eigenvalue weighted by atomic mass is 10.1. The second-order valence-corrected chi connectivity index (χ2v) is 13.4. The zero-order valence-electron chi connectivity index (χ0n) is 24.4. The molecule has 10 nitrogen and oxygen atoms in total. The number of nitrogens with zero attached hydrogens (tertiary/aromatic N) is 1. The van der Waals surface area contributed by atoms with Crippen molar-refractivity contribution in [3.05, 3.63) is 102 Å². The third kappa shape index (κ3) is 7.27. The monoisotopic (exact) mass is 623 g/mol. The third-order valence-corrected chi connectivity index (χ3v) is 9.94. The van der Waals surface area contributed by atoms with Crippen LogP contribution in [0.2, 0.25) is 0 Å². The lowest BCUT2D eigenvalue weighted by Gasteiger charge is -2.25. The smallest absolute Gasteiger partial charge is 0.264 e. The molecule has 0 radical (unpaired) electrons. The van der Waals surface area contributed by atoms with E-state index in [4.69, 9.17) is 9.47 Å². The number of ether oxygens (including phenoxy) is 2. The lowest BCUT2D eigenvalue weighted by Crippen LogP contribution is -2.38. The first-order valence-corrected chi connectivity index (χ1v) is 16.1. The van der Waals surface area contributed by atoms with Gasteiger partial charge in [-0.15, -0.1) is 0 Å². The molecule has 0 aliphatic heterocycles. The first kappa shape index (κ1) is 31.4. The van der Waals surface area contributed by atoms with Crippen LogP contribution in [0.25, 0.3) is 0 Å². The van der Waals surface area contributed by atoms with E-state index >= 15 is 0 Å². The summed E-state index contributed by atoms with van der Waals surface area (Å²) in [4.78, 5) is 13.2. The number of methoxy groups -OCH3 is 2. The van der Waals surface area contributed by atoms with Crippen molar-refractivity contribution in [3.8, 4) is 11.5 Å². The number of carbonyl (C=O) groups is 1. The molecular formula is C31H33N3O7S2. The highest BCUT2D eigenvalue weighted by molar-refractivity contribution is 7.93. The third-order valence-electron chi connectivity index (χ3n) is 6.77. The Morgan fingerprint density at radius 3 is 2.00 bits per heavy atom. The minimum absolute atomic E-state index is 0.0545. The molecule has 0 aromatic heterocycles. The molecule has 0 fully saturated rings. The SMILES string of the molecule is COc1ccc(OC)c(NS(=O)(=O)c2ccc(NC(=O)CN(c3ccc(C)c(C)c3)S(=O)(=O)c3ccc(C)cc3)cc2)c1. The standard InChI is InChI=1S/C31H33N3O7S2/c1-21-6-13-28(14-7-21)43(38,39)34(25-11-8-22(2)23(3)18-25)20-31(35)32-24-9-15-27(16-10-24)42(36,37)33-29-19-26(40-4)12-17-30(29)41-5/h6-19,33H,20H2,1-5H3,(H,32,35). The van der Waals surface area contributed by atoms with Gasteiger partial charge in [-0.05, 0) is 92.6 Å². The zero-order chi connectivity index (χ0) is 31.4. The van der Waals surface area contributed by atoms with Crippen LogP contribution >= 0.6 is 0 Å². The zero-order valence-corrected chi connectivity index (χ0v) is 26.0. The van der Waals surface area contributed by atoms with Gasteiger partial charge in [-0.1, -0.05) is 23.8 Å². The maximum atomic E-state index is 13.7. The predicted octanol–water partition coefficient (Wildman–Crippen LogP) is 5.26. The molecule has 4 aromatic rings. The molecule has 226 valence electrons. The maximum Gasteiger partial charge on any atom is 0.264 e. The number of carbonyl (C=O) groups excluding carboxylic acids is 1. The average molecular weight is 624 g/mol. The first-order chi connectivity index (χ1) is 20.3. The van der Waals surface area contributed by atoms with Gasteiger partial charge in [0.2, 0.25) is 5.91 Å². The molecule has 0 saturated heterocycles. The first-order valence-electron chi connectivity index (χ1n) is 13.2. The van der Waals surface area contributed by atoms with Crippen LogP contribution in [0, 0.1) is 20.8 Å². The minimum atomic E-state index is -4.09. The Labute approximate surface area is 252 Å². The van der Waals surface area contributed by atoms with Gasteiger partial charge in [-0.2, -0.15) is 0 Å². The molecule has 0 saturated carbocycles. The van der Waals surface area contributed by atoms with Crippen molar-refractivity contribution < 1.29 is 31.1 Å². The summed E-state index contributed by atoms with van der Waals surface area (Å²) >= 11 is 0. The van der Waals surface area contributed by atoms with Crippen molar-refractivity contribution in [2.45, 2.75) is 30.6 Å². The van der Waals surface area contributed by atoms with Crippen LogP contribution in [-0.4, -0.2) is 43.5 Å². The second-order valence-electron chi connectivity index (χ2n) is 9.84. The van der Waals surface area contributed by atoms with Gasteiger partial charge in [0.15, 0.2) is 0 Å². The predicted molar refractivity (Wildman–Crippen MR) is 167 cm³/mol. The summed E-state index contributed by atoms with van der Waals surface area (Å²) < 4.78 is 67.4. The molecule has 12 heteroatoms. The molecule has 0 spiro atoms. The fourth-order valence-electron chi connectivity index (χ4n) is 4.18. The molecule has 0 aliphatic rings. The maximum absolute atomic E-state index is 13.7. The van der Waals surface area contributed by atoms with Crippen LogP contribution in [0.1, 0.15) is 16.7 Å². The Morgan fingerprint density at radius 2 is 1.40 bits per heavy atom. The Bertz CT molecular complexity index is 1840. The average Bonchev–Trinajstić information content (AvgIpc) is 2.97. The van der Waals surface area contributed by atoms with E-state index in [1.54, 1.807) is 42.5 Å². The molecule has 4 rings (SSSR count).